The molecule has 2 nitrogen and oxygen atoms in total. The molecule has 0 spiro atoms. The van der Waals surface area contributed by atoms with Crippen molar-refractivity contribution in [3.8, 4) is 5.75 Å². The van der Waals surface area contributed by atoms with Crippen molar-refractivity contribution in [2.75, 3.05) is 13.1 Å². The number of nitrogens with one attached hydrogen (secondary N) is 1. The second-order valence-corrected chi connectivity index (χ2v) is 7.34. The molecule has 0 amide bonds. The van der Waals surface area contributed by atoms with Crippen LogP contribution in [0, 0.1) is 11.7 Å². The van der Waals surface area contributed by atoms with Gasteiger partial charge in [-0.15, -0.1) is 0 Å². The molecule has 3 rings (SSSR count). The maximum absolute atomic E-state index is 13.8. The van der Waals surface area contributed by atoms with Gasteiger partial charge in [0.15, 0.2) is 0 Å². The molecule has 0 bridgehead atoms. The second-order valence-electron chi connectivity index (χ2n) is 6.42. The molecule has 1 aliphatic heterocycles. The lowest BCUT2D eigenvalue weighted by molar-refractivity contribution is 0.299. The maximum atomic E-state index is 13.8. The number of benzene rings is 2. The average Bonchev–Trinajstić information content (AvgIpc) is 3.09. The lowest BCUT2D eigenvalue weighted by Gasteiger charge is -2.10. The van der Waals surface area contributed by atoms with Gasteiger partial charge in [0.05, 0.1) is 0 Å². The first-order valence-corrected chi connectivity index (χ1v) is 9.36. The molecule has 0 saturated carbocycles. The van der Waals surface area contributed by atoms with E-state index in [2.05, 4.69) is 33.4 Å². The molecule has 1 saturated heterocycles. The molecule has 24 heavy (non-hydrogen) atoms. The first kappa shape index (κ1) is 17.4. The Balaban J connectivity index is 1.45. The van der Waals surface area contributed by atoms with Gasteiger partial charge in [-0.1, -0.05) is 34.1 Å². The molecule has 0 radical (unpaired) electrons. The minimum absolute atomic E-state index is 0.243. The van der Waals surface area contributed by atoms with Crippen LogP contribution in [0.4, 0.5) is 4.39 Å². The third-order valence-corrected chi connectivity index (χ3v) is 5.07. The van der Waals surface area contributed by atoms with E-state index in [-0.39, 0.29) is 12.4 Å². The molecule has 1 heterocycles. The highest BCUT2D eigenvalue weighted by Crippen LogP contribution is 2.20. The highest BCUT2D eigenvalue weighted by molar-refractivity contribution is 9.10. The largest absolute Gasteiger partial charge is 0.489 e. The lowest BCUT2D eigenvalue weighted by atomic mass is 9.99. The van der Waals surface area contributed by atoms with Crippen molar-refractivity contribution in [2.45, 2.75) is 32.3 Å². The summed E-state index contributed by atoms with van der Waals surface area (Å²) in [5.41, 5.74) is 1.90. The number of aryl methyl sites for hydroxylation is 1. The predicted molar refractivity (Wildman–Crippen MR) is 98.8 cm³/mol. The summed E-state index contributed by atoms with van der Waals surface area (Å²) in [4.78, 5) is 0. The van der Waals surface area contributed by atoms with Crippen molar-refractivity contribution in [3.05, 3.63) is 63.9 Å². The summed E-state index contributed by atoms with van der Waals surface area (Å²) in [5.74, 6) is 1.39. The molecular formula is C20H23BrFNO. The van der Waals surface area contributed by atoms with Crippen molar-refractivity contribution in [1.82, 2.24) is 5.32 Å². The first-order chi connectivity index (χ1) is 11.7. The monoisotopic (exact) mass is 391 g/mol. The fraction of sp³-hybridized carbons (Fsp3) is 0.400. The van der Waals surface area contributed by atoms with Crippen LogP contribution in [0.2, 0.25) is 0 Å². The van der Waals surface area contributed by atoms with E-state index >= 15 is 0 Å². The zero-order valence-electron chi connectivity index (χ0n) is 13.7. The van der Waals surface area contributed by atoms with E-state index in [9.17, 15) is 4.39 Å². The van der Waals surface area contributed by atoms with E-state index in [1.165, 1.54) is 44.0 Å². The summed E-state index contributed by atoms with van der Waals surface area (Å²) in [5, 5.41) is 3.42. The summed E-state index contributed by atoms with van der Waals surface area (Å²) >= 11 is 3.26. The Bertz CT molecular complexity index is 653. The molecule has 2 aromatic carbocycles. The molecule has 0 aliphatic carbocycles. The predicted octanol–water partition coefficient (Wildman–Crippen LogP) is 5.10. The molecule has 1 unspecified atom stereocenters. The SMILES string of the molecule is Fc1cc(Br)ccc1COc1ccc(CCCC2CCNC2)cc1. The van der Waals surface area contributed by atoms with Gasteiger partial charge in [0.1, 0.15) is 18.2 Å². The fourth-order valence-electron chi connectivity index (χ4n) is 3.11. The van der Waals surface area contributed by atoms with Gasteiger partial charge in [-0.05, 0) is 74.5 Å². The van der Waals surface area contributed by atoms with E-state index in [0.717, 1.165) is 22.6 Å². The molecule has 1 atom stereocenters. The molecule has 4 heteroatoms. The van der Waals surface area contributed by atoms with Crippen LogP contribution in [0.1, 0.15) is 30.4 Å². The molecule has 128 valence electrons. The van der Waals surface area contributed by atoms with Crippen LogP contribution in [0.25, 0.3) is 0 Å². The fourth-order valence-corrected chi connectivity index (χ4v) is 3.44. The third-order valence-electron chi connectivity index (χ3n) is 4.57. The van der Waals surface area contributed by atoms with Gasteiger partial charge in [0.2, 0.25) is 0 Å². The number of rotatable bonds is 7. The average molecular weight is 392 g/mol. The Hall–Kier alpha value is -1.39. The Morgan fingerprint density at radius 2 is 2.00 bits per heavy atom. The molecule has 2 aromatic rings. The van der Waals surface area contributed by atoms with Gasteiger partial charge in [0, 0.05) is 10.0 Å². The number of halogens is 2. The molecule has 1 fully saturated rings. The van der Waals surface area contributed by atoms with Crippen LogP contribution in [-0.2, 0) is 13.0 Å². The van der Waals surface area contributed by atoms with Crippen molar-refractivity contribution in [2.24, 2.45) is 5.92 Å². The first-order valence-electron chi connectivity index (χ1n) is 8.57. The number of ether oxygens (including phenoxy) is 1. The Morgan fingerprint density at radius 1 is 1.17 bits per heavy atom. The molecule has 0 aromatic heterocycles. The molecular weight excluding hydrogens is 369 g/mol. The molecule has 1 N–H and O–H groups in total. The second kappa shape index (κ2) is 8.63. The minimum Gasteiger partial charge on any atom is -0.489 e. The van der Waals surface area contributed by atoms with E-state index in [1.807, 2.05) is 18.2 Å². The van der Waals surface area contributed by atoms with Gasteiger partial charge in [-0.3, -0.25) is 0 Å². The van der Waals surface area contributed by atoms with Gasteiger partial charge >= 0.3 is 0 Å². The van der Waals surface area contributed by atoms with Crippen molar-refractivity contribution in [3.63, 3.8) is 0 Å². The van der Waals surface area contributed by atoms with Crippen LogP contribution in [0.5, 0.6) is 5.75 Å². The van der Waals surface area contributed by atoms with Crippen LogP contribution >= 0.6 is 15.9 Å². The van der Waals surface area contributed by atoms with Gasteiger partial charge in [-0.25, -0.2) is 4.39 Å². The van der Waals surface area contributed by atoms with Crippen LogP contribution < -0.4 is 10.1 Å². The maximum Gasteiger partial charge on any atom is 0.130 e. The summed E-state index contributed by atoms with van der Waals surface area (Å²) in [6.45, 7) is 2.60. The normalized spacial score (nSPS) is 17.2. The van der Waals surface area contributed by atoms with E-state index in [0.29, 0.717) is 5.56 Å². The summed E-state index contributed by atoms with van der Waals surface area (Å²) in [6.07, 6.45) is 4.96. The van der Waals surface area contributed by atoms with Gasteiger partial charge < -0.3 is 10.1 Å². The Kier molecular flexibility index (Phi) is 6.27. The van der Waals surface area contributed by atoms with Crippen LogP contribution in [0.3, 0.4) is 0 Å². The Labute approximate surface area is 151 Å². The van der Waals surface area contributed by atoms with E-state index in [1.54, 1.807) is 6.07 Å². The quantitative estimate of drug-likeness (QED) is 0.708. The van der Waals surface area contributed by atoms with E-state index in [4.69, 9.17) is 4.74 Å². The highest BCUT2D eigenvalue weighted by atomic mass is 79.9. The zero-order valence-corrected chi connectivity index (χ0v) is 15.3. The van der Waals surface area contributed by atoms with Gasteiger partial charge in [0.25, 0.3) is 0 Å². The zero-order chi connectivity index (χ0) is 16.8. The van der Waals surface area contributed by atoms with Crippen molar-refractivity contribution in [1.29, 1.82) is 0 Å². The topological polar surface area (TPSA) is 21.3 Å². The van der Waals surface area contributed by atoms with Crippen molar-refractivity contribution >= 4 is 15.9 Å². The summed E-state index contributed by atoms with van der Waals surface area (Å²) in [6, 6.07) is 13.2. The smallest absolute Gasteiger partial charge is 0.130 e. The third kappa shape index (κ3) is 5.05. The van der Waals surface area contributed by atoms with Crippen LogP contribution in [0.15, 0.2) is 46.9 Å². The van der Waals surface area contributed by atoms with Gasteiger partial charge in [-0.2, -0.15) is 0 Å². The van der Waals surface area contributed by atoms with E-state index < -0.39 is 0 Å². The summed E-state index contributed by atoms with van der Waals surface area (Å²) in [7, 11) is 0. The number of hydrogen-bond acceptors (Lipinski definition) is 2. The van der Waals surface area contributed by atoms with Crippen LogP contribution in [-0.4, -0.2) is 13.1 Å². The molecule has 1 aliphatic rings. The standard InChI is InChI=1S/C20H23BrFNO/c21-18-7-6-17(20(22)12-18)14-24-19-8-4-15(5-9-19)2-1-3-16-10-11-23-13-16/h4-9,12,16,23H,1-3,10-11,13-14H2. The highest BCUT2D eigenvalue weighted by Gasteiger charge is 2.13. The summed E-state index contributed by atoms with van der Waals surface area (Å²) < 4.78 is 20.2. The lowest BCUT2D eigenvalue weighted by Crippen LogP contribution is -2.08. The Morgan fingerprint density at radius 3 is 2.71 bits per heavy atom. The minimum atomic E-state index is -0.248. The van der Waals surface area contributed by atoms with Crippen molar-refractivity contribution < 1.29 is 9.13 Å². The number of hydrogen-bond donors (Lipinski definition) is 1.